The molecule has 0 aliphatic rings. The molecule has 2 aromatic carbocycles. The molecule has 0 saturated carbocycles. The van der Waals surface area contributed by atoms with Crippen molar-refractivity contribution in [3.8, 4) is 0 Å². The lowest BCUT2D eigenvalue weighted by molar-refractivity contribution is 0.555. The van der Waals surface area contributed by atoms with Gasteiger partial charge in [0.15, 0.2) is 5.58 Å². The minimum Gasteiger partial charge on any atom is -0.408 e. The zero-order valence-electron chi connectivity index (χ0n) is 11.9. The smallest absolute Gasteiger partial charge is 0.408 e. The Labute approximate surface area is 127 Å². The van der Waals surface area contributed by atoms with Gasteiger partial charge >= 0.3 is 5.76 Å². The molecule has 3 nitrogen and oxygen atoms in total. The predicted molar refractivity (Wildman–Crippen MR) is 85.0 cm³/mol. The van der Waals surface area contributed by atoms with Crippen LogP contribution in [0.5, 0.6) is 0 Å². The molecule has 1 unspecified atom stereocenters. The minimum absolute atomic E-state index is 0.157. The largest absolute Gasteiger partial charge is 0.417 e. The Morgan fingerprint density at radius 3 is 2.81 bits per heavy atom. The van der Waals surface area contributed by atoms with E-state index in [9.17, 15) is 4.79 Å². The van der Waals surface area contributed by atoms with E-state index in [1.807, 2.05) is 18.2 Å². The normalized spacial score (nSPS) is 12.7. The third-order valence-corrected chi connectivity index (χ3v) is 4.12. The molecule has 0 fully saturated rings. The van der Waals surface area contributed by atoms with Crippen molar-refractivity contribution in [1.29, 1.82) is 0 Å². The Hall–Kier alpha value is -2.00. The molecule has 1 heterocycles. The molecule has 0 aliphatic heterocycles. The van der Waals surface area contributed by atoms with Crippen LogP contribution in [0.3, 0.4) is 0 Å². The van der Waals surface area contributed by atoms with Crippen LogP contribution in [-0.2, 0) is 6.42 Å². The summed E-state index contributed by atoms with van der Waals surface area (Å²) in [5, 5.41) is -0.157. The molecule has 108 valence electrons. The second-order valence-corrected chi connectivity index (χ2v) is 5.90. The molecule has 0 radical (unpaired) electrons. The standard InChI is InChI=1S/C17H16ClNO2/c1-10-3-4-11(2)13(7-10)8-14(18)12-5-6-15-16(9-12)21-17(20)19-15/h3-7,9,14H,8H2,1-2H3,(H,19,20). The van der Waals surface area contributed by atoms with E-state index in [1.54, 1.807) is 0 Å². The zero-order chi connectivity index (χ0) is 15.0. The highest BCUT2D eigenvalue weighted by Gasteiger charge is 2.13. The predicted octanol–water partition coefficient (Wildman–Crippen LogP) is 4.26. The van der Waals surface area contributed by atoms with E-state index in [4.69, 9.17) is 16.0 Å². The first-order chi connectivity index (χ1) is 10.0. The highest BCUT2D eigenvalue weighted by Crippen LogP contribution is 2.28. The molecule has 0 saturated heterocycles. The van der Waals surface area contributed by atoms with Gasteiger partial charge in [0.1, 0.15) is 0 Å². The van der Waals surface area contributed by atoms with Crippen molar-refractivity contribution in [3.05, 3.63) is 69.2 Å². The average molecular weight is 302 g/mol. The number of H-pyrrole nitrogens is 1. The monoisotopic (exact) mass is 301 g/mol. The number of oxazole rings is 1. The summed E-state index contributed by atoms with van der Waals surface area (Å²) < 4.78 is 5.08. The number of nitrogens with one attached hydrogen (secondary N) is 1. The summed E-state index contributed by atoms with van der Waals surface area (Å²) in [6.07, 6.45) is 0.745. The Bertz CT molecular complexity index is 847. The van der Waals surface area contributed by atoms with Gasteiger partial charge < -0.3 is 4.42 Å². The summed E-state index contributed by atoms with van der Waals surface area (Å²) in [6.45, 7) is 4.17. The molecule has 21 heavy (non-hydrogen) atoms. The number of halogens is 1. The van der Waals surface area contributed by atoms with Gasteiger partial charge in [-0.15, -0.1) is 11.6 Å². The number of alkyl halides is 1. The van der Waals surface area contributed by atoms with Crippen LogP contribution in [0.1, 0.15) is 27.6 Å². The molecular weight excluding hydrogens is 286 g/mol. The molecular formula is C17H16ClNO2. The number of hydrogen-bond acceptors (Lipinski definition) is 2. The summed E-state index contributed by atoms with van der Waals surface area (Å²) >= 11 is 6.54. The number of benzene rings is 2. The van der Waals surface area contributed by atoms with Gasteiger partial charge in [-0.2, -0.15) is 0 Å². The first-order valence-corrected chi connectivity index (χ1v) is 7.29. The number of aromatic nitrogens is 1. The van der Waals surface area contributed by atoms with Gasteiger partial charge in [-0.3, -0.25) is 4.98 Å². The van der Waals surface area contributed by atoms with Gasteiger partial charge in [0.2, 0.25) is 0 Å². The SMILES string of the molecule is Cc1ccc(C)c(CC(Cl)c2ccc3[nH]c(=O)oc3c2)c1. The molecule has 3 rings (SSSR count). The third-order valence-electron chi connectivity index (χ3n) is 3.71. The van der Waals surface area contributed by atoms with E-state index in [2.05, 4.69) is 37.0 Å². The van der Waals surface area contributed by atoms with Crippen LogP contribution in [0, 0.1) is 13.8 Å². The topological polar surface area (TPSA) is 46.0 Å². The fourth-order valence-electron chi connectivity index (χ4n) is 2.49. The van der Waals surface area contributed by atoms with Crippen molar-refractivity contribution in [2.75, 3.05) is 0 Å². The molecule has 3 aromatic rings. The lowest BCUT2D eigenvalue weighted by atomic mass is 9.98. The summed E-state index contributed by atoms with van der Waals surface area (Å²) in [4.78, 5) is 13.8. The summed E-state index contributed by atoms with van der Waals surface area (Å²) in [6, 6.07) is 12.0. The zero-order valence-corrected chi connectivity index (χ0v) is 12.7. The van der Waals surface area contributed by atoms with E-state index in [1.165, 1.54) is 16.7 Å². The first kappa shape index (κ1) is 14.0. The first-order valence-electron chi connectivity index (χ1n) is 6.86. The number of rotatable bonds is 3. The van der Waals surface area contributed by atoms with Crippen LogP contribution in [-0.4, -0.2) is 4.98 Å². The van der Waals surface area contributed by atoms with Gasteiger partial charge in [0, 0.05) is 0 Å². The maximum Gasteiger partial charge on any atom is 0.417 e. The maximum atomic E-state index is 11.2. The Balaban J connectivity index is 1.90. The van der Waals surface area contributed by atoms with E-state index < -0.39 is 5.76 Å². The molecule has 1 atom stereocenters. The lowest BCUT2D eigenvalue weighted by Crippen LogP contribution is -1.98. The van der Waals surface area contributed by atoms with E-state index in [-0.39, 0.29) is 5.38 Å². The van der Waals surface area contributed by atoms with E-state index in [0.717, 1.165) is 12.0 Å². The van der Waals surface area contributed by atoms with Crippen LogP contribution < -0.4 is 5.76 Å². The van der Waals surface area contributed by atoms with Crippen molar-refractivity contribution in [3.63, 3.8) is 0 Å². The highest BCUT2D eigenvalue weighted by molar-refractivity contribution is 6.21. The Morgan fingerprint density at radius 1 is 1.19 bits per heavy atom. The van der Waals surface area contributed by atoms with Gasteiger partial charge in [0.05, 0.1) is 10.9 Å². The Morgan fingerprint density at radius 2 is 2.00 bits per heavy atom. The van der Waals surface area contributed by atoms with Gasteiger partial charge in [-0.1, -0.05) is 29.8 Å². The number of fused-ring (bicyclic) bond motifs is 1. The minimum atomic E-state index is -0.442. The van der Waals surface area contributed by atoms with Crippen LogP contribution in [0.2, 0.25) is 0 Å². The van der Waals surface area contributed by atoms with Crippen LogP contribution in [0.15, 0.2) is 45.6 Å². The van der Waals surface area contributed by atoms with E-state index in [0.29, 0.717) is 11.1 Å². The molecule has 0 bridgehead atoms. The molecule has 0 aliphatic carbocycles. The molecule has 0 spiro atoms. The number of aromatic amines is 1. The van der Waals surface area contributed by atoms with Crippen LogP contribution in [0.4, 0.5) is 0 Å². The lowest BCUT2D eigenvalue weighted by Gasteiger charge is -2.12. The highest BCUT2D eigenvalue weighted by atomic mass is 35.5. The average Bonchev–Trinajstić information content (AvgIpc) is 2.81. The fourth-order valence-corrected chi connectivity index (χ4v) is 2.79. The second-order valence-electron chi connectivity index (χ2n) is 5.37. The number of hydrogen-bond donors (Lipinski definition) is 1. The molecule has 1 N–H and O–H groups in total. The molecule has 0 amide bonds. The van der Waals surface area contributed by atoms with Crippen LogP contribution in [0.25, 0.3) is 11.1 Å². The van der Waals surface area contributed by atoms with Gasteiger partial charge in [0.25, 0.3) is 0 Å². The number of aryl methyl sites for hydroxylation is 2. The van der Waals surface area contributed by atoms with Crippen molar-refractivity contribution < 1.29 is 4.42 Å². The maximum absolute atomic E-state index is 11.2. The van der Waals surface area contributed by atoms with Gasteiger partial charge in [-0.25, -0.2) is 4.79 Å². The van der Waals surface area contributed by atoms with E-state index >= 15 is 0 Å². The van der Waals surface area contributed by atoms with Crippen LogP contribution >= 0.6 is 11.6 Å². The molecule has 1 aromatic heterocycles. The Kier molecular flexibility index (Phi) is 3.60. The summed E-state index contributed by atoms with van der Waals surface area (Å²) in [5.74, 6) is -0.442. The van der Waals surface area contributed by atoms with Gasteiger partial charge in [-0.05, 0) is 49.1 Å². The fraction of sp³-hybridized carbons (Fsp3) is 0.235. The van der Waals surface area contributed by atoms with Crippen molar-refractivity contribution >= 4 is 22.7 Å². The molecule has 4 heteroatoms. The summed E-state index contributed by atoms with van der Waals surface area (Å²) in [5.41, 5.74) is 5.90. The van der Waals surface area contributed by atoms with Crippen molar-refractivity contribution in [2.24, 2.45) is 0 Å². The quantitative estimate of drug-likeness (QED) is 0.735. The van der Waals surface area contributed by atoms with Crippen molar-refractivity contribution in [2.45, 2.75) is 25.6 Å². The second kappa shape index (κ2) is 5.41. The van der Waals surface area contributed by atoms with Crippen molar-refractivity contribution in [1.82, 2.24) is 4.98 Å². The summed E-state index contributed by atoms with van der Waals surface area (Å²) in [7, 11) is 0. The third kappa shape index (κ3) is 2.88.